The van der Waals surface area contributed by atoms with Crippen molar-refractivity contribution in [1.29, 1.82) is 0 Å². The van der Waals surface area contributed by atoms with Gasteiger partial charge in [-0.15, -0.1) is 10.2 Å². The van der Waals surface area contributed by atoms with Crippen molar-refractivity contribution in [3.63, 3.8) is 0 Å². The van der Waals surface area contributed by atoms with Crippen molar-refractivity contribution in [2.24, 2.45) is 20.7 Å². The summed E-state index contributed by atoms with van der Waals surface area (Å²) in [4.78, 5) is 0. The molecule has 26 heavy (non-hydrogen) atoms. The minimum Gasteiger partial charge on any atom is -0.272 e. The van der Waals surface area contributed by atoms with Crippen LogP contribution in [0.25, 0.3) is 0 Å². The number of hydrogen-bond acceptors (Lipinski definition) is 4. The number of halogens is 2. The highest BCUT2D eigenvalue weighted by Crippen LogP contribution is 2.22. The summed E-state index contributed by atoms with van der Waals surface area (Å²) in [6.45, 7) is 5.63. The third-order valence-corrected chi connectivity index (χ3v) is 4.63. The van der Waals surface area contributed by atoms with Gasteiger partial charge in [-0.2, -0.15) is 0 Å². The Morgan fingerprint density at radius 3 is 1.38 bits per heavy atom. The van der Waals surface area contributed by atoms with E-state index in [1.165, 1.54) is 0 Å². The summed E-state index contributed by atoms with van der Waals surface area (Å²) in [6, 6.07) is 14.9. The molecule has 1 saturated heterocycles. The van der Waals surface area contributed by atoms with Gasteiger partial charge < -0.3 is 0 Å². The molecule has 2 aromatic carbocycles. The van der Waals surface area contributed by atoms with Crippen LogP contribution < -0.4 is 0 Å². The van der Waals surface area contributed by atoms with Crippen LogP contribution in [0.2, 0.25) is 10.0 Å². The number of hydrogen-bond donors (Lipinski definition) is 0. The van der Waals surface area contributed by atoms with Gasteiger partial charge in [0.25, 0.3) is 0 Å². The number of nitrogens with zero attached hydrogens (tertiary/aromatic N) is 6. The quantitative estimate of drug-likeness (QED) is 0.593. The first-order chi connectivity index (χ1) is 12.5. The minimum absolute atomic E-state index is 0.173. The molecule has 0 radical (unpaired) electrons. The van der Waals surface area contributed by atoms with Crippen LogP contribution in [0.1, 0.15) is 13.8 Å². The van der Waals surface area contributed by atoms with Crippen LogP contribution in [0.15, 0.2) is 69.2 Å². The van der Waals surface area contributed by atoms with Gasteiger partial charge in [-0.25, -0.2) is 0 Å². The second-order valence-electron chi connectivity index (χ2n) is 6.27. The molecule has 0 aliphatic carbocycles. The maximum Gasteiger partial charge on any atom is 0.0875 e. The average molecular weight is 391 g/mol. The Morgan fingerprint density at radius 1 is 0.692 bits per heavy atom. The lowest BCUT2D eigenvalue weighted by Gasteiger charge is -2.39. The summed E-state index contributed by atoms with van der Waals surface area (Å²) in [7, 11) is 0. The molecule has 1 fully saturated rings. The van der Waals surface area contributed by atoms with E-state index in [0.29, 0.717) is 10.0 Å². The van der Waals surface area contributed by atoms with Crippen LogP contribution in [0.4, 0.5) is 11.4 Å². The summed E-state index contributed by atoms with van der Waals surface area (Å²) in [5, 5.41) is 22.7. The Balaban J connectivity index is 1.61. The Hall–Kier alpha value is -2.18. The fraction of sp³-hybridized carbons (Fsp3) is 0.333. The van der Waals surface area contributed by atoms with Crippen molar-refractivity contribution in [3.8, 4) is 0 Å². The standard InChI is InChI=1S/C18H20Cl2N6/c1-13-11-26(24-22-18-9-5-16(20)6-10-18)14(2)12-25(13)23-21-17-7-3-15(19)4-8-17/h3-10,13-14H,11-12H2,1-2H3/t13-,14+. The van der Waals surface area contributed by atoms with Crippen LogP contribution in [0.5, 0.6) is 0 Å². The van der Waals surface area contributed by atoms with Gasteiger partial charge in [0.05, 0.1) is 36.5 Å². The van der Waals surface area contributed by atoms with E-state index in [9.17, 15) is 0 Å². The Kier molecular flexibility index (Phi) is 6.06. The predicted octanol–water partition coefficient (Wildman–Crippen LogP) is 6.09. The van der Waals surface area contributed by atoms with Crippen LogP contribution >= 0.6 is 23.2 Å². The SMILES string of the molecule is C[C@@H]1CN(N=Nc2ccc(Cl)cc2)[C@@H](C)CN1N=Nc1ccc(Cl)cc1. The molecule has 0 N–H and O–H groups in total. The van der Waals surface area contributed by atoms with Gasteiger partial charge in [0.1, 0.15) is 0 Å². The molecule has 0 spiro atoms. The molecule has 2 aromatic rings. The fourth-order valence-corrected chi connectivity index (χ4v) is 2.82. The van der Waals surface area contributed by atoms with Gasteiger partial charge in [-0.1, -0.05) is 33.6 Å². The molecule has 0 amide bonds. The van der Waals surface area contributed by atoms with E-state index in [-0.39, 0.29) is 12.1 Å². The fourth-order valence-electron chi connectivity index (χ4n) is 2.57. The monoisotopic (exact) mass is 390 g/mol. The zero-order chi connectivity index (χ0) is 18.5. The highest BCUT2D eigenvalue weighted by atomic mass is 35.5. The molecule has 0 saturated carbocycles. The second-order valence-corrected chi connectivity index (χ2v) is 7.15. The topological polar surface area (TPSA) is 55.9 Å². The zero-order valence-electron chi connectivity index (χ0n) is 14.6. The summed E-state index contributed by atoms with van der Waals surface area (Å²) in [5.74, 6) is 0. The molecule has 0 aromatic heterocycles. The zero-order valence-corrected chi connectivity index (χ0v) is 16.1. The Bertz CT molecular complexity index is 708. The predicted molar refractivity (Wildman–Crippen MR) is 104 cm³/mol. The van der Waals surface area contributed by atoms with E-state index >= 15 is 0 Å². The highest BCUT2D eigenvalue weighted by Gasteiger charge is 2.28. The third kappa shape index (κ3) is 4.93. The van der Waals surface area contributed by atoms with Gasteiger partial charge in [0.15, 0.2) is 0 Å². The number of rotatable bonds is 4. The largest absolute Gasteiger partial charge is 0.272 e. The van der Waals surface area contributed by atoms with Crippen molar-refractivity contribution >= 4 is 34.6 Å². The van der Waals surface area contributed by atoms with Crippen LogP contribution in [0, 0.1) is 0 Å². The van der Waals surface area contributed by atoms with E-state index in [1.54, 1.807) is 24.3 Å². The molecule has 0 unspecified atom stereocenters. The van der Waals surface area contributed by atoms with Crippen LogP contribution in [0.3, 0.4) is 0 Å². The molecule has 1 heterocycles. The average Bonchev–Trinajstić information content (AvgIpc) is 2.63. The summed E-state index contributed by atoms with van der Waals surface area (Å²) < 4.78 is 0. The minimum atomic E-state index is 0.173. The lowest BCUT2D eigenvalue weighted by Crippen LogP contribution is -2.52. The van der Waals surface area contributed by atoms with Crippen molar-refractivity contribution in [2.75, 3.05) is 13.1 Å². The van der Waals surface area contributed by atoms with E-state index in [1.807, 2.05) is 34.3 Å². The molecule has 8 heteroatoms. The van der Waals surface area contributed by atoms with E-state index < -0.39 is 0 Å². The number of benzene rings is 2. The van der Waals surface area contributed by atoms with Crippen LogP contribution in [-0.2, 0) is 0 Å². The van der Waals surface area contributed by atoms with Gasteiger partial charge >= 0.3 is 0 Å². The normalized spacial score (nSPS) is 21.1. The molecule has 2 atom stereocenters. The maximum absolute atomic E-state index is 5.89. The molecular formula is C18H20Cl2N6. The first-order valence-electron chi connectivity index (χ1n) is 8.39. The second kappa shape index (κ2) is 8.47. The van der Waals surface area contributed by atoms with Crippen molar-refractivity contribution in [1.82, 2.24) is 10.0 Å². The van der Waals surface area contributed by atoms with E-state index in [2.05, 4.69) is 34.5 Å². The molecular weight excluding hydrogens is 371 g/mol. The van der Waals surface area contributed by atoms with Gasteiger partial charge in [-0.05, 0) is 62.4 Å². The molecule has 0 bridgehead atoms. The lowest BCUT2D eigenvalue weighted by molar-refractivity contribution is 0.0360. The Labute approximate surface area is 163 Å². The van der Waals surface area contributed by atoms with Crippen LogP contribution in [-0.4, -0.2) is 35.2 Å². The first kappa shape index (κ1) is 18.6. The smallest absolute Gasteiger partial charge is 0.0875 e. The molecule has 6 nitrogen and oxygen atoms in total. The summed E-state index contributed by atoms with van der Waals surface area (Å²) >= 11 is 11.8. The van der Waals surface area contributed by atoms with E-state index in [0.717, 1.165) is 24.5 Å². The molecule has 136 valence electrons. The molecule has 1 aliphatic rings. The Morgan fingerprint density at radius 2 is 1.04 bits per heavy atom. The third-order valence-electron chi connectivity index (χ3n) is 4.12. The van der Waals surface area contributed by atoms with Gasteiger partial charge in [-0.3, -0.25) is 10.0 Å². The highest BCUT2D eigenvalue weighted by molar-refractivity contribution is 6.30. The van der Waals surface area contributed by atoms with Gasteiger partial charge in [0, 0.05) is 10.0 Å². The van der Waals surface area contributed by atoms with Crippen molar-refractivity contribution < 1.29 is 0 Å². The van der Waals surface area contributed by atoms with E-state index in [4.69, 9.17) is 23.2 Å². The molecule has 3 rings (SSSR count). The van der Waals surface area contributed by atoms with Gasteiger partial charge in [0.2, 0.25) is 0 Å². The lowest BCUT2D eigenvalue weighted by atomic mass is 10.2. The number of piperazine rings is 1. The molecule has 1 aliphatic heterocycles. The summed E-state index contributed by atoms with van der Waals surface area (Å²) in [5.41, 5.74) is 1.55. The van der Waals surface area contributed by atoms with Crippen molar-refractivity contribution in [2.45, 2.75) is 25.9 Å². The first-order valence-corrected chi connectivity index (χ1v) is 9.14. The van der Waals surface area contributed by atoms with Crippen molar-refractivity contribution in [3.05, 3.63) is 58.6 Å². The summed E-state index contributed by atoms with van der Waals surface area (Å²) in [6.07, 6.45) is 0. The maximum atomic E-state index is 5.89.